The van der Waals surface area contributed by atoms with Gasteiger partial charge in [0.15, 0.2) is 0 Å². The molecule has 1 aliphatic heterocycles. The normalized spacial score (nSPS) is 16.3. The molecule has 1 amide bonds. The zero-order valence-electron chi connectivity index (χ0n) is 11.0. The number of carbonyl (C=O) groups excluding carboxylic acids is 1. The van der Waals surface area contributed by atoms with E-state index in [1.54, 1.807) is 6.07 Å². The maximum Gasteiger partial charge on any atom is 0.254 e. The predicted molar refractivity (Wildman–Crippen MR) is 75.7 cm³/mol. The number of nitrogens with zero attached hydrogens (tertiary/aromatic N) is 1. The van der Waals surface area contributed by atoms with Gasteiger partial charge in [0.2, 0.25) is 0 Å². The van der Waals surface area contributed by atoms with Crippen LogP contribution < -0.4 is 5.32 Å². The summed E-state index contributed by atoms with van der Waals surface area (Å²) in [6.07, 6.45) is 1.96. The van der Waals surface area contributed by atoms with Crippen LogP contribution in [0.15, 0.2) is 18.2 Å². The maximum atomic E-state index is 12.5. The Morgan fingerprint density at radius 1 is 1.47 bits per heavy atom. The lowest BCUT2D eigenvalue weighted by Crippen LogP contribution is -2.46. The summed E-state index contributed by atoms with van der Waals surface area (Å²) in [6.45, 7) is 4.57. The monoisotopic (exact) mass is 282 g/mol. The zero-order chi connectivity index (χ0) is 13.8. The van der Waals surface area contributed by atoms with Gasteiger partial charge in [-0.1, -0.05) is 11.6 Å². The molecule has 1 aliphatic rings. The van der Waals surface area contributed by atoms with E-state index in [4.69, 9.17) is 11.6 Å². The van der Waals surface area contributed by atoms with Crippen molar-refractivity contribution in [3.8, 4) is 5.75 Å². The number of nitrogens with one attached hydrogen (secondary N) is 1. The molecule has 4 nitrogen and oxygen atoms in total. The second-order valence-electron chi connectivity index (χ2n) is 4.74. The smallest absolute Gasteiger partial charge is 0.254 e. The molecule has 0 atom stereocenters. The number of phenols is 1. The minimum Gasteiger partial charge on any atom is -0.506 e. The standard InChI is InChI=1S/C14H19ClN2O2/c1-2-17(11-5-7-16-8-6-11)14(19)10-3-4-13(18)12(15)9-10/h3-4,9,11,16,18H,2,5-8H2,1H3. The van der Waals surface area contributed by atoms with Crippen LogP contribution in [0.1, 0.15) is 30.1 Å². The first kappa shape index (κ1) is 14.2. The molecule has 1 heterocycles. The molecule has 2 N–H and O–H groups in total. The van der Waals surface area contributed by atoms with Crippen molar-refractivity contribution in [2.75, 3.05) is 19.6 Å². The highest BCUT2D eigenvalue weighted by Gasteiger charge is 2.25. The number of benzene rings is 1. The van der Waals surface area contributed by atoms with Crippen molar-refractivity contribution in [1.29, 1.82) is 0 Å². The number of phenolic OH excluding ortho intramolecular Hbond substituents is 1. The number of halogens is 1. The quantitative estimate of drug-likeness (QED) is 0.894. The summed E-state index contributed by atoms with van der Waals surface area (Å²) in [5, 5.41) is 12.9. The van der Waals surface area contributed by atoms with E-state index in [1.165, 1.54) is 12.1 Å². The third-order valence-electron chi connectivity index (χ3n) is 3.55. The molecule has 104 valence electrons. The number of rotatable bonds is 3. The summed E-state index contributed by atoms with van der Waals surface area (Å²) in [4.78, 5) is 14.4. The molecular weight excluding hydrogens is 264 g/mol. The van der Waals surface area contributed by atoms with Gasteiger partial charge in [-0.15, -0.1) is 0 Å². The predicted octanol–water partition coefficient (Wildman–Crippen LogP) is 2.26. The van der Waals surface area contributed by atoms with Gasteiger partial charge in [0.25, 0.3) is 5.91 Å². The van der Waals surface area contributed by atoms with Crippen LogP contribution in [0, 0.1) is 0 Å². The van der Waals surface area contributed by atoms with Gasteiger partial charge in [-0.05, 0) is 51.1 Å². The number of piperidine rings is 1. The third-order valence-corrected chi connectivity index (χ3v) is 3.85. The van der Waals surface area contributed by atoms with E-state index in [2.05, 4.69) is 5.32 Å². The van der Waals surface area contributed by atoms with Gasteiger partial charge in [0, 0.05) is 18.2 Å². The van der Waals surface area contributed by atoms with Gasteiger partial charge in [0.05, 0.1) is 5.02 Å². The molecule has 1 fully saturated rings. The molecule has 0 bridgehead atoms. The van der Waals surface area contributed by atoms with Crippen molar-refractivity contribution in [3.63, 3.8) is 0 Å². The Bertz CT molecular complexity index is 459. The Morgan fingerprint density at radius 2 is 2.16 bits per heavy atom. The second-order valence-corrected chi connectivity index (χ2v) is 5.15. The number of carbonyl (C=O) groups is 1. The number of hydrogen-bond acceptors (Lipinski definition) is 3. The fourth-order valence-corrected chi connectivity index (χ4v) is 2.67. The molecule has 5 heteroatoms. The van der Waals surface area contributed by atoms with E-state index in [0.29, 0.717) is 12.1 Å². The van der Waals surface area contributed by atoms with E-state index in [-0.39, 0.29) is 22.7 Å². The lowest BCUT2D eigenvalue weighted by Gasteiger charge is -2.34. The Morgan fingerprint density at radius 3 is 2.74 bits per heavy atom. The first-order chi connectivity index (χ1) is 9.13. The molecule has 0 aliphatic carbocycles. The van der Waals surface area contributed by atoms with Crippen molar-refractivity contribution in [3.05, 3.63) is 28.8 Å². The summed E-state index contributed by atoms with van der Waals surface area (Å²) in [6, 6.07) is 4.90. The fourth-order valence-electron chi connectivity index (χ4n) is 2.49. The Hall–Kier alpha value is -1.26. The lowest BCUT2D eigenvalue weighted by atomic mass is 10.0. The van der Waals surface area contributed by atoms with E-state index in [9.17, 15) is 9.90 Å². The van der Waals surface area contributed by atoms with Gasteiger partial charge < -0.3 is 15.3 Å². The van der Waals surface area contributed by atoms with Gasteiger partial charge in [0.1, 0.15) is 5.75 Å². The van der Waals surface area contributed by atoms with Crippen LogP contribution in [0.3, 0.4) is 0 Å². The van der Waals surface area contributed by atoms with Gasteiger partial charge in [-0.3, -0.25) is 4.79 Å². The van der Waals surface area contributed by atoms with Crippen LogP contribution in [-0.2, 0) is 0 Å². The zero-order valence-corrected chi connectivity index (χ0v) is 11.8. The second kappa shape index (κ2) is 6.26. The summed E-state index contributed by atoms with van der Waals surface area (Å²) in [5.41, 5.74) is 0.531. The summed E-state index contributed by atoms with van der Waals surface area (Å²) in [7, 11) is 0. The van der Waals surface area contributed by atoms with Crippen LogP contribution in [0.5, 0.6) is 5.75 Å². The molecule has 1 aromatic rings. The summed E-state index contributed by atoms with van der Waals surface area (Å²) < 4.78 is 0. The highest BCUT2D eigenvalue weighted by atomic mass is 35.5. The van der Waals surface area contributed by atoms with Gasteiger partial charge >= 0.3 is 0 Å². The van der Waals surface area contributed by atoms with Crippen LogP contribution in [-0.4, -0.2) is 41.6 Å². The van der Waals surface area contributed by atoms with Crippen LogP contribution in [0.2, 0.25) is 5.02 Å². The van der Waals surface area contributed by atoms with Gasteiger partial charge in [-0.2, -0.15) is 0 Å². The van der Waals surface area contributed by atoms with Crippen molar-refractivity contribution >= 4 is 17.5 Å². The Labute approximate surface area is 118 Å². The highest BCUT2D eigenvalue weighted by Crippen LogP contribution is 2.25. The third kappa shape index (κ3) is 3.19. The van der Waals surface area contributed by atoms with Crippen molar-refractivity contribution in [2.24, 2.45) is 0 Å². The molecular formula is C14H19ClN2O2. The minimum atomic E-state index is -0.0173. The summed E-state index contributed by atoms with van der Waals surface area (Å²) in [5.74, 6) is -0.0144. The maximum absolute atomic E-state index is 12.5. The SMILES string of the molecule is CCN(C(=O)c1ccc(O)c(Cl)c1)C1CCNCC1. The number of amides is 1. The molecule has 0 spiro atoms. The number of hydrogen-bond donors (Lipinski definition) is 2. The minimum absolute atomic E-state index is 0.00290. The Balaban J connectivity index is 2.17. The molecule has 1 aromatic carbocycles. The molecule has 0 unspecified atom stereocenters. The van der Waals surface area contributed by atoms with E-state index < -0.39 is 0 Å². The van der Waals surface area contributed by atoms with E-state index >= 15 is 0 Å². The fraction of sp³-hybridized carbons (Fsp3) is 0.500. The molecule has 1 saturated heterocycles. The van der Waals surface area contributed by atoms with Crippen LogP contribution in [0.25, 0.3) is 0 Å². The Kier molecular flexibility index (Phi) is 4.66. The van der Waals surface area contributed by atoms with Crippen molar-refractivity contribution in [1.82, 2.24) is 10.2 Å². The molecule has 2 rings (SSSR count). The van der Waals surface area contributed by atoms with E-state index in [0.717, 1.165) is 25.9 Å². The van der Waals surface area contributed by atoms with Crippen molar-refractivity contribution < 1.29 is 9.90 Å². The first-order valence-corrected chi connectivity index (χ1v) is 7.01. The largest absolute Gasteiger partial charge is 0.506 e. The average molecular weight is 283 g/mol. The van der Waals surface area contributed by atoms with Crippen LogP contribution in [0.4, 0.5) is 0 Å². The van der Waals surface area contributed by atoms with Crippen molar-refractivity contribution in [2.45, 2.75) is 25.8 Å². The molecule has 0 aromatic heterocycles. The first-order valence-electron chi connectivity index (χ1n) is 6.63. The van der Waals surface area contributed by atoms with Gasteiger partial charge in [-0.25, -0.2) is 0 Å². The van der Waals surface area contributed by atoms with Crippen LogP contribution >= 0.6 is 11.6 Å². The molecule has 19 heavy (non-hydrogen) atoms. The number of aromatic hydroxyl groups is 1. The molecule has 0 saturated carbocycles. The summed E-state index contributed by atoms with van der Waals surface area (Å²) >= 11 is 5.86. The average Bonchev–Trinajstić information content (AvgIpc) is 2.44. The highest BCUT2D eigenvalue weighted by molar-refractivity contribution is 6.32. The lowest BCUT2D eigenvalue weighted by molar-refractivity contribution is 0.0656. The molecule has 0 radical (unpaired) electrons. The topological polar surface area (TPSA) is 52.6 Å². The van der Waals surface area contributed by atoms with E-state index in [1.807, 2.05) is 11.8 Å².